The van der Waals surface area contributed by atoms with Gasteiger partial charge in [0.1, 0.15) is 5.82 Å². The fourth-order valence-electron chi connectivity index (χ4n) is 1.70. The van der Waals surface area contributed by atoms with Crippen LogP contribution >= 0.6 is 11.6 Å². The van der Waals surface area contributed by atoms with Crippen LogP contribution in [0.15, 0.2) is 47.4 Å². The van der Waals surface area contributed by atoms with Gasteiger partial charge in [0.15, 0.2) is 0 Å². The zero-order valence-corrected chi connectivity index (χ0v) is 13.0. The van der Waals surface area contributed by atoms with E-state index in [2.05, 4.69) is 10.0 Å². The Hall–Kier alpha value is -2.12. The number of sulfonamides is 1. The van der Waals surface area contributed by atoms with Crippen molar-refractivity contribution in [3.8, 4) is 0 Å². The lowest BCUT2D eigenvalue weighted by Gasteiger charge is -2.10. The van der Waals surface area contributed by atoms with E-state index in [9.17, 15) is 17.6 Å². The molecule has 0 saturated carbocycles. The molecule has 116 valence electrons. The topological polar surface area (TPSA) is 75.3 Å². The second kappa shape index (κ2) is 6.33. The Balaban J connectivity index is 2.29. The molecule has 2 rings (SSSR count). The lowest BCUT2D eigenvalue weighted by atomic mass is 10.2. The SMILES string of the molecule is CC(=O)Nc1cc(NS(=O)(=O)c2ccc(Cl)cc2)ccc1F. The van der Waals surface area contributed by atoms with E-state index in [0.717, 1.165) is 6.07 Å². The number of rotatable bonds is 4. The molecular formula is C14H12ClFN2O3S. The quantitative estimate of drug-likeness (QED) is 0.895. The van der Waals surface area contributed by atoms with Gasteiger partial charge in [-0.15, -0.1) is 0 Å². The molecule has 0 aliphatic carbocycles. The van der Waals surface area contributed by atoms with Gasteiger partial charge in [0.05, 0.1) is 16.3 Å². The molecule has 0 radical (unpaired) electrons. The van der Waals surface area contributed by atoms with E-state index in [4.69, 9.17) is 11.6 Å². The Morgan fingerprint density at radius 1 is 1.14 bits per heavy atom. The highest BCUT2D eigenvalue weighted by Gasteiger charge is 2.15. The summed E-state index contributed by atoms with van der Waals surface area (Å²) < 4.78 is 40.2. The van der Waals surface area contributed by atoms with Gasteiger partial charge in [-0.3, -0.25) is 9.52 Å². The van der Waals surface area contributed by atoms with Crippen molar-refractivity contribution >= 4 is 38.9 Å². The van der Waals surface area contributed by atoms with Gasteiger partial charge in [0.25, 0.3) is 10.0 Å². The first-order valence-electron chi connectivity index (χ1n) is 6.13. The Kier molecular flexibility index (Phi) is 4.68. The van der Waals surface area contributed by atoms with Crippen LogP contribution in [0.1, 0.15) is 6.92 Å². The molecule has 2 aromatic carbocycles. The molecule has 0 atom stereocenters. The highest BCUT2D eigenvalue weighted by Crippen LogP contribution is 2.23. The maximum Gasteiger partial charge on any atom is 0.261 e. The third-order valence-corrected chi connectivity index (χ3v) is 4.30. The van der Waals surface area contributed by atoms with Crippen molar-refractivity contribution in [2.75, 3.05) is 10.0 Å². The van der Waals surface area contributed by atoms with Gasteiger partial charge in [-0.25, -0.2) is 12.8 Å². The van der Waals surface area contributed by atoms with Crippen LogP contribution in [0.5, 0.6) is 0 Å². The summed E-state index contributed by atoms with van der Waals surface area (Å²) in [6.07, 6.45) is 0. The summed E-state index contributed by atoms with van der Waals surface area (Å²) in [6, 6.07) is 9.11. The van der Waals surface area contributed by atoms with Crippen molar-refractivity contribution in [3.05, 3.63) is 53.3 Å². The van der Waals surface area contributed by atoms with E-state index in [-0.39, 0.29) is 16.3 Å². The second-order valence-electron chi connectivity index (χ2n) is 4.44. The molecule has 2 aromatic rings. The number of hydrogen-bond donors (Lipinski definition) is 2. The summed E-state index contributed by atoms with van der Waals surface area (Å²) in [5.41, 5.74) is 0.0175. The Labute approximate surface area is 132 Å². The van der Waals surface area contributed by atoms with E-state index in [1.54, 1.807) is 0 Å². The van der Waals surface area contributed by atoms with E-state index >= 15 is 0 Å². The molecule has 0 aliphatic heterocycles. The molecule has 1 amide bonds. The zero-order chi connectivity index (χ0) is 16.3. The van der Waals surface area contributed by atoms with Crippen molar-refractivity contribution < 1.29 is 17.6 Å². The molecule has 0 saturated heterocycles. The Bertz CT molecular complexity index is 807. The van der Waals surface area contributed by atoms with Crippen LogP contribution in [-0.4, -0.2) is 14.3 Å². The molecule has 0 aliphatic rings. The molecule has 0 fully saturated rings. The first-order chi connectivity index (χ1) is 10.3. The largest absolute Gasteiger partial charge is 0.324 e. The van der Waals surface area contributed by atoms with Crippen molar-refractivity contribution in [2.45, 2.75) is 11.8 Å². The van der Waals surface area contributed by atoms with Crippen LogP contribution in [0.4, 0.5) is 15.8 Å². The number of anilines is 2. The minimum Gasteiger partial charge on any atom is -0.324 e. The Morgan fingerprint density at radius 2 is 1.77 bits per heavy atom. The third kappa shape index (κ3) is 3.96. The molecule has 5 nitrogen and oxygen atoms in total. The molecule has 22 heavy (non-hydrogen) atoms. The standard InChI is InChI=1S/C14H12ClFN2O3S/c1-9(19)17-14-8-11(4-7-13(14)16)18-22(20,21)12-5-2-10(15)3-6-12/h2-8,18H,1H3,(H,17,19). The predicted octanol–water partition coefficient (Wildman–Crippen LogP) is 3.24. The number of benzene rings is 2. The summed E-state index contributed by atoms with van der Waals surface area (Å²) in [7, 11) is -3.83. The van der Waals surface area contributed by atoms with Gasteiger partial charge in [0, 0.05) is 11.9 Å². The van der Waals surface area contributed by atoms with Gasteiger partial charge < -0.3 is 5.32 Å². The van der Waals surface area contributed by atoms with Crippen molar-refractivity contribution in [3.63, 3.8) is 0 Å². The van der Waals surface area contributed by atoms with Gasteiger partial charge in [-0.2, -0.15) is 0 Å². The minimum atomic E-state index is -3.83. The van der Waals surface area contributed by atoms with Crippen LogP contribution in [-0.2, 0) is 14.8 Å². The fraction of sp³-hybridized carbons (Fsp3) is 0.0714. The maximum atomic E-state index is 13.5. The van der Waals surface area contributed by atoms with Crippen LogP contribution in [0.2, 0.25) is 5.02 Å². The van der Waals surface area contributed by atoms with Crippen molar-refractivity contribution in [1.29, 1.82) is 0 Å². The molecular weight excluding hydrogens is 331 g/mol. The highest BCUT2D eigenvalue weighted by atomic mass is 35.5. The smallest absolute Gasteiger partial charge is 0.261 e. The molecule has 0 aromatic heterocycles. The third-order valence-electron chi connectivity index (χ3n) is 2.65. The van der Waals surface area contributed by atoms with Crippen LogP contribution < -0.4 is 10.0 Å². The monoisotopic (exact) mass is 342 g/mol. The number of nitrogens with one attached hydrogen (secondary N) is 2. The first kappa shape index (κ1) is 16.3. The lowest BCUT2D eigenvalue weighted by molar-refractivity contribution is -0.114. The van der Waals surface area contributed by atoms with Gasteiger partial charge in [-0.05, 0) is 42.5 Å². The second-order valence-corrected chi connectivity index (χ2v) is 6.55. The molecule has 2 N–H and O–H groups in total. The number of hydrogen-bond acceptors (Lipinski definition) is 3. The number of halogens is 2. The van der Waals surface area contributed by atoms with Crippen LogP contribution in [0.3, 0.4) is 0 Å². The zero-order valence-electron chi connectivity index (χ0n) is 11.4. The van der Waals surface area contributed by atoms with Gasteiger partial charge >= 0.3 is 0 Å². The first-order valence-corrected chi connectivity index (χ1v) is 7.99. The van der Waals surface area contributed by atoms with E-state index in [1.165, 1.54) is 43.3 Å². The summed E-state index contributed by atoms with van der Waals surface area (Å²) in [6.45, 7) is 1.23. The van der Waals surface area contributed by atoms with Gasteiger partial charge in [-0.1, -0.05) is 11.6 Å². The normalized spacial score (nSPS) is 11.0. The molecule has 0 spiro atoms. The molecule has 0 unspecified atom stereocenters. The van der Waals surface area contributed by atoms with Crippen molar-refractivity contribution in [1.82, 2.24) is 0 Å². The summed E-state index contributed by atoms with van der Waals surface area (Å²) in [5, 5.41) is 2.69. The number of carbonyl (C=O) groups is 1. The number of amides is 1. The molecule has 8 heteroatoms. The lowest BCUT2D eigenvalue weighted by Crippen LogP contribution is -2.14. The molecule has 0 heterocycles. The number of carbonyl (C=O) groups excluding carboxylic acids is 1. The van der Waals surface area contributed by atoms with E-state index in [1.807, 2.05) is 0 Å². The Morgan fingerprint density at radius 3 is 2.36 bits per heavy atom. The summed E-state index contributed by atoms with van der Waals surface area (Å²) >= 11 is 5.71. The summed E-state index contributed by atoms with van der Waals surface area (Å²) in [5.74, 6) is -1.12. The fourth-order valence-corrected chi connectivity index (χ4v) is 2.88. The highest BCUT2D eigenvalue weighted by molar-refractivity contribution is 7.92. The van der Waals surface area contributed by atoms with Crippen molar-refractivity contribution in [2.24, 2.45) is 0 Å². The predicted molar refractivity (Wildman–Crippen MR) is 83.0 cm³/mol. The van der Waals surface area contributed by atoms with E-state index < -0.39 is 21.7 Å². The molecule has 0 bridgehead atoms. The average Bonchev–Trinajstić information content (AvgIpc) is 2.42. The maximum absolute atomic E-state index is 13.5. The van der Waals surface area contributed by atoms with Crippen LogP contribution in [0, 0.1) is 5.82 Å². The summed E-state index contributed by atoms with van der Waals surface area (Å²) in [4.78, 5) is 11.0. The minimum absolute atomic E-state index is 0.0160. The van der Waals surface area contributed by atoms with Crippen LogP contribution in [0.25, 0.3) is 0 Å². The van der Waals surface area contributed by atoms with E-state index in [0.29, 0.717) is 5.02 Å². The van der Waals surface area contributed by atoms with Gasteiger partial charge in [0.2, 0.25) is 5.91 Å². The average molecular weight is 343 g/mol.